The van der Waals surface area contributed by atoms with Crippen molar-refractivity contribution in [2.75, 3.05) is 18.5 Å². The first kappa shape index (κ1) is 40.8. The average Bonchev–Trinajstić information content (AvgIpc) is 3.68. The molecule has 4 fully saturated rings. The highest BCUT2D eigenvalue weighted by Gasteiger charge is 2.71. The Balaban J connectivity index is 1.04. The van der Waals surface area contributed by atoms with E-state index in [-0.39, 0.29) is 43.1 Å². The van der Waals surface area contributed by atoms with Crippen LogP contribution in [0, 0.1) is 29.5 Å². The fraction of sp³-hybridized carbons (Fsp3) is 0.294. The van der Waals surface area contributed by atoms with Gasteiger partial charge in [0, 0.05) is 48.2 Å². The van der Waals surface area contributed by atoms with Gasteiger partial charge in [-0.1, -0.05) is 102 Å². The van der Waals surface area contributed by atoms with Gasteiger partial charge in [-0.3, -0.25) is 34.4 Å². The van der Waals surface area contributed by atoms with Gasteiger partial charge in [0.15, 0.2) is 0 Å². The number of likely N-dealkylation sites (tertiary alicyclic amines) is 2. The predicted molar refractivity (Wildman–Crippen MR) is 234 cm³/mol. The molecule has 12 heteroatoms. The van der Waals surface area contributed by atoms with Gasteiger partial charge in [0.2, 0.25) is 11.8 Å². The molecule has 3 saturated heterocycles. The van der Waals surface area contributed by atoms with E-state index in [0.717, 1.165) is 35.8 Å². The Kier molecular flexibility index (Phi) is 10.6. The van der Waals surface area contributed by atoms with Gasteiger partial charge in [-0.05, 0) is 90.8 Å². The summed E-state index contributed by atoms with van der Waals surface area (Å²) in [7, 11) is 0. The van der Waals surface area contributed by atoms with Crippen LogP contribution in [-0.2, 0) is 37.7 Å². The number of nitrogens with zero attached hydrogens (tertiary/aromatic N) is 3. The number of allylic oxidation sites excluding steroid dienone is 2. The number of phenols is 1. The van der Waals surface area contributed by atoms with Crippen molar-refractivity contribution in [1.82, 2.24) is 14.8 Å². The van der Waals surface area contributed by atoms with Crippen LogP contribution in [0.2, 0.25) is 5.02 Å². The third-order valence-electron chi connectivity index (χ3n) is 14.0. The number of hydrogen-bond acceptors (Lipinski definition) is 8. The molecule has 63 heavy (non-hydrogen) atoms. The van der Waals surface area contributed by atoms with Crippen molar-refractivity contribution in [1.29, 1.82) is 0 Å². The molecular formula is C51H46ClFN4O6. The van der Waals surface area contributed by atoms with Crippen LogP contribution in [0.1, 0.15) is 53.9 Å². The second kappa shape index (κ2) is 16.4. The van der Waals surface area contributed by atoms with Crippen LogP contribution in [0.3, 0.4) is 0 Å². The van der Waals surface area contributed by atoms with Gasteiger partial charge >= 0.3 is 0 Å². The Morgan fingerprint density at radius 2 is 1.46 bits per heavy atom. The molecule has 0 spiro atoms. The van der Waals surface area contributed by atoms with Gasteiger partial charge in [-0.2, -0.15) is 5.01 Å². The van der Waals surface area contributed by atoms with Crippen LogP contribution in [0.5, 0.6) is 11.5 Å². The number of ether oxygens (including phenoxy) is 1. The lowest BCUT2D eigenvalue weighted by Gasteiger charge is -2.50. The summed E-state index contributed by atoms with van der Waals surface area (Å²) in [6, 6.07) is 36.8. The van der Waals surface area contributed by atoms with E-state index in [2.05, 4.69) is 22.5 Å². The van der Waals surface area contributed by atoms with Gasteiger partial charge < -0.3 is 9.84 Å². The molecule has 5 aromatic rings. The van der Waals surface area contributed by atoms with E-state index < -0.39 is 52.6 Å². The Morgan fingerprint density at radius 3 is 2.14 bits per heavy atom. The number of fused-ring (bicyclic) bond motifs is 4. The lowest BCUT2D eigenvalue weighted by molar-refractivity contribution is -0.144. The molecule has 0 aromatic heterocycles. The van der Waals surface area contributed by atoms with E-state index in [4.69, 9.17) is 16.3 Å². The number of rotatable bonds is 10. The fourth-order valence-electron chi connectivity index (χ4n) is 11.2. The second-order valence-electron chi connectivity index (χ2n) is 17.4. The van der Waals surface area contributed by atoms with Gasteiger partial charge in [0.25, 0.3) is 11.8 Å². The van der Waals surface area contributed by atoms with Crippen molar-refractivity contribution in [3.05, 3.63) is 172 Å². The Labute approximate surface area is 369 Å². The van der Waals surface area contributed by atoms with Crippen molar-refractivity contribution < 1.29 is 33.4 Å². The largest absolute Gasteiger partial charge is 0.508 e. The average molecular weight is 865 g/mol. The first-order valence-electron chi connectivity index (χ1n) is 21.6. The number of amides is 4. The van der Waals surface area contributed by atoms with Gasteiger partial charge in [-0.15, -0.1) is 0 Å². The molecule has 0 bridgehead atoms. The smallest absolute Gasteiger partial charge is 0.260 e. The second-order valence-corrected chi connectivity index (χ2v) is 17.8. The standard InChI is InChI=1S/C51H46ClFN4O6/c52-34-13-11-33(12-14-34)51-43(48(60)57(50(51)62)54-36-17-15-35(53)16-18-36)28-42-39(46(51)40-20-19-38(27-44(40)58)63-30-32-9-5-2-6-10-32)21-22-41-45(42)49(61)56(47(41)59)37-23-25-55(26-24-37)29-31-7-3-1-4-8-31/h1-21,27,37,41-43,45-46,54,58H,22-26,28-30H2. The number of piperidine rings is 1. The van der Waals surface area contributed by atoms with Crippen LogP contribution in [0.15, 0.2) is 139 Å². The maximum Gasteiger partial charge on any atom is 0.260 e. The van der Waals surface area contributed by atoms with Crippen LogP contribution in [0.4, 0.5) is 10.1 Å². The van der Waals surface area contributed by atoms with Crippen LogP contribution in [-0.4, -0.2) is 62.7 Å². The van der Waals surface area contributed by atoms with Crippen molar-refractivity contribution in [2.45, 2.75) is 56.2 Å². The van der Waals surface area contributed by atoms with Gasteiger partial charge in [0.05, 0.1) is 28.9 Å². The minimum atomic E-state index is -1.63. The zero-order valence-electron chi connectivity index (χ0n) is 34.4. The first-order chi connectivity index (χ1) is 30.6. The maximum absolute atomic E-state index is 15.5. The normalized spacial score (nSPS) is 26.0. The first-order valence-corrected chi connectivity index (χ1v) is 22.0. The maximum atomic E-state index is 15.5. The molecule has 3 aliphatic heterocycles. The van der Waals surface area contributed by atoms with Crippen molar-refractivity contribution in [3.8, 4) is 11.5 Å². The summed E-state index contributed by atoms with van der Waals surface area (Å²) in [4.78, 5) is 63.9. The summed E-state index contributed by atoms with van der Waals surface area (Å²) in [5.74, 6) is -5.76. The van der Waals surface area contributed by atoms with Crippen LogP contribution >= 0.6 is 11.6 Å². The van der Waals surface area contributed by atoms with Crippen LogP contribution < -0.4 is 10.2 Å². The van der Waals surface area contributed by atoms with Crippen LogP contribution in [0.25, 0.3) is 0 Å². The third-order valence-corrected chi connectivity index (χ3v) is 14.3. The zero-order chi connectivity index (χ0) is 43.4. The zero-order valence-corrected chi connectivity index (χ0v) is 35.2. The van der Waals surface area contributed by atoms with E-state index in [1.807, 2.05) is 54.6 Å². The number of phenolic OH excluding ortho intramolecular Hbond substituents is 1. The SMILES string of the molecule is O=C1C2CC3C(=CCC4C(=O)N(C5CCN(Cc6ccccc6)CC5)C(=O)C43)C(c3ccc(OCc4ccccc4)cc3O)C2(c2ccc(Cl)cc2)C(=O)N1Nc1ccc(F)cc1. The third kappa shape index (κ3) is 7.07. The van der Waals surface area contributed by atoms with Gasteiger partial charge in [0.1, 0.15) is 23.9 Å². The summed E-state index contributed by atoms with van der Waals surface area (Å²) in [5, 5.41) is 13.6. The molecule has 6 unspecified atom stereocenters. The van der Waals surface area contributed by atoms with Gasteiger partial charge in [-0.25, -0.2) is 4.39 Å². The summed E-state index contributed by atoms with van der Waals surface area (Å²) in [5.41, 5.74) is 5.42. The minimum absolute atomic E-state index is 0.0969. The minimum Gasteiger partial charge on any atom is -0.508 e. The number of carbonyl (C=O) groups excluding carboxylic acids is 4. The number of nitrogens with one attached hydrogen (secondary N) is 1. The highest BCUT2D eigenvalue weighted by atomic mass is 35.5. The molecule has 2 N–H and O–H groups in total. The molecule has 4 amide bonds. The Hall–Kier alpha value is -6.30. The number of aromatic hydroxyl groups is 1. The molecule has 10 nitrogen and oxygen atoms in total. The highest BCUT2D eigenvalue weighted by Crippen LogP contribution is 2.65. The Morgan fingerprint density at radius 1 is 0.778 bits per heavy atom. The van der Waals surface area contributed by atoms with Crippen molar-refractivity contribution >= 4 is 40.9 Å². The van der Waals surface area contributed by atoms with E-state index in [9.17, 15) is 19.1 Å². The molecule has 2 aliphatic carbocycles. The number of halogens is 2. The number of anilines is 1. The Bertz CT molecular complexity index is 2600. The number of hydrogen-bond donors (Lipinski definition) is 2. The number of benzene rings is 5. The number of carbonyl (C=O) groups is 4. The molecule has 0 radical (unpaired) electrons. The number of hydrazine groups is 1. The molecular weight excluding hydrogens is 819 g/mol. The predicted octanol–water partition coefficient (Wildman–Crippen LogP) is 8.41. The molecule has 5 aromatic carbocycles. The molecule has 10 rings (SSSR count). The summed E-state index contributed by atoms with van der Waals surface area (Å²) < 4.78 is 20.2. The quantitative estimate of drug-likeness (QED) is 0.106. The molecule has 3 heterocycles. The summed E-state index contributed by atoms with van der Waals surface area (Å²) in [6.45, 7) is 2.53. The van der Waals surface area contributed by atoms with Crippen molar-refractivity contribution in [3.63, 3.8) is 0 Å². The molecule has 6 atom stereocenters. The highest BCUT2D eigenvalue weighted by molar-refractivity contribution is 6.30. The lowest BCUT2D eigenvalue weighted by atomic mass is 9.49. The van der Waals surface area contributed by atoms with E-state index in [1.165, 1.54) is 40.8 Å². The monoisotopic (exact) mass is 864 g/mol. The fourth-order valence-corrected chi connectivity index (χ4v) is 11.3. The number of imide groups is 2. The van der Waals surface area contributed by atoms with E-state index >= 15 is 9.59 Å². The van der Waals surface area contributed by atoms with E-state index in [0.29, 0.717) is 40.4 Å². The van der Waals surface area contributed by atoms with E-state index in [1.54, 1.807) is 36.4 Å². The molecule has 5 aliphatic rings. The van der Waals surface area contributed by atoms with Crippen molar-refractivity contribution in [2.24, 2.45) is 23.7 Å². The lowest BCUT2D eigenvalue weighted by Crippen LogP contribution is -2.53. The topological polar surface area (TPSA) is 119 Å². The summed E-state index contributed by atoms with van der Waals surface area (Å²) >= 11 is 6.45. The molecule has 1 saturated carbocycles. The molecule has 320 valence electrons. The summed E-state index contributed by atoms with van der Waals surface area (Å²) in [6.07, 6.45) is 3.65.